The molecule has 1 atom stereocenters. The Morgan fingerprint density at radius 1 is 0.415 bits per heavy atom. The summed E-state index contributed by atoms with van der Waals surface area (Å²) in [6.07, 6.45) is 2.47. The van der Waals surface area contributed by atoms with E-state index in [9.17, 15) is 38.4 Å². The molecule has 0 unspecified atom stereocenters. The third-order valence-electron chi connectivity index (χ3n) is 8.07. The van der Waals surface area contributed by atoms with E-state index in [1.54, 1.807) is 0 Å². The summed E-state index contributed by atoms with van der Waals surface area (Å²) in [7, 11) is 0. The van der Waals surface area contributed by atoms with Gasteiger partial charge in [-0.05, 0) is 25.7 Å². The van der Waals surface area contributed by atoms with Gasteiger partial charge in [-0.25, -0.2) is 0 Å². The first-order valence-corrected chi connectivity index (χ1v) is 21.6. The second kappa shape index (κ2) is 44.6. The SMILES string of the molecule is CC(=O)NCN[C@@H](CCCCNC(=O)COCCOCCNC(=O)COCCOCCNC(=O)CCCC(=O)NCCOCCOCC(=O)NCCOCCOCC(=O)NCN)C(N)=O. The maximum Gasteiger partial charge on any atom is 0.246 e. The Labute approximate surface area is 380 Å². The lowest BCUT2D eigenvalue weighted by Crippen LogP contribution is -2.46. The van der Waals surface area contributed by atoms with Crippen LogP contribution in [-0.2, 0) is 76.3 Å². The summed E-state index contributed by atoms with van der Waals surface area (Å²) in [6.45, 7) is 5.38. The second-order valence-electron chi connectivity index (χ2n) is 13.6. The van der Waals surface area contributed by atoms with Crippen molar-refractivity contribution in [2.75, 3.05) is 152 Å². The van der Waals surface area contributed by atoms with E-state index in [1.807, 2.05) is 0 Å². The number of nitrogens with two attached hydrogens (primary N) is 2. The first kappa shape index (κ1) is 60.4. The summed E-state index contributed by atoms with van der Waals surface area (Å²) in [6, 6.07) is -0.578. The van der Waals surface area contributed by atoms with E-state index in [0.29, 0.717) is 38.8 Å². The molecule has 8 amide bonds. The van der Waals surface area contributed by atoms with E-state index < -0.39 is 11.9 Å². The van der Waals surface area contributed by atoms with Gasteiger partial charge in [-0.15, -0.1) is 0 Å². The monoisotopic (exact) mass is 939 g/mol. The van der Waals surface area contributed by atoms with Gasteiger partial charge >= 0.3 is 0 Å². The van der Waals surface area contributed by atoms with Crippen molar-refractivity contribution in [1.29, 1.82) is 0 Å². The molecule has 0 spiro atoms. The number of ether oxygens (including phenoxy) is 8. The van der Waals surface area contributed by atoms with E-state index in [2.05, 4.69) is 42.5 Å². The summed E-state index contributed by atoms with van der Waals surface area (Å²) in [5.74, 6) is -2.37. The summed E-state index contributed by atoms with van der Waals surface area (Å²) in [5.41, 5.74) is 10.5. The maximum atomic E-state index is 12.0. The molecule has 26 nitrogen and oxygen atoms in total. The molecule has 0 aromatic heterocycles. The van der Waals surface area contributed by atoms with E-state index in [1.165, 1.54) is 6.92 Å². The van der Waals surface area contributed by atoms with Gasteiger partial charge in [0.25, 0.3) is 0 Å². The van der Waals surface area contributed by atoms with E-state index in [4.69, 9.17) is 49.4 Å². The number of amides is 8. The van der Waals surface area contributed by atoms with Crippen LogP contribution in [-0.4, -0.2) is 205 Å². The highest BCUT2D eigenvalue weighted by atomic mass is 16.5. The zero-order valence-corrected chi connectivity index (χ0v) is 37.8. The Morgan fingerprint density at radius 2 is 0.769 bits per heavy atom. The van der Waals surface area contributed by atoms with Crippen molar-refractivity contribution >= 4 is 47.3 Å². The van der Waals surface area contributed by atoms with Crippen molar-refractivity contribution < 1.29 is 76.3 Å². The smallest absolute Gasteiger partial charge is 0.246 e. The van der Waals surface area contributed by atoms with Crippen LogP contribution >= 0.6 is 0 Å². The lowest BCUT2D eigenvalue weighted by atomic mass is 10.1. The lowest BCUT2D eigenvalue weighted by molar-refractivity contribution is -0.127. The highest BCUT2D eigenvalue weighted by Crippen LogP contribution is 2.00. The van der Waals surface area contributed by atoms with Gasteiger partial charge < -0.3 is 86.6 Å². The summed E-state index contributed by atoms with van der Waals surface area (Å²) < 4.78 is 42.3. The van der Waals surface area contributed by atoms with Crippen molar-refractivity contribution in [3.63, 3.8) is 0 Å². The van der Waals surface area contributed by atoms with Crippen LogP contribution in [0.3, 0.4) is 0 Å². The highest BCUT2D eigenvalue weighted by Gasteiger charge is 2.14. The zero-order valence-electron chi connectivity index (χ0n) is 37.8. The van der Waals surface area contributed by atoms with Crippen molar-refractivity contribution in [3.8, 4) is 0 Å². The number of rotatable bonds is 46. The molecule has 12 N–H and O–H groups in total. The Hall–Kier alpha value is -4.64. The lowest BCUT2D eigenvalue weighted by Gasteiger charge is -2.15. The van der Waals surface area contributed by atoms with Gasteiger partial charge in [0.2, 0.25) is 47.3 Å². The van der Waals surface area contributed by atoms with Gasteiger partial charge in [0, 0.05) is 52.5 Å². The molecule has 0 saturated carbocycles. The average molecular weight is 939 g/mol. The predicted molar refractivity (Wildman–Crippen MR) is 231 cm³/mol. The van der Waals surface area contributed by atoms with Crippen LogP contribution in [0.15, 0.2) is 0 Å². The molecule has 26 heteroatoms. The molecule has 0 rings (SSSR count). The fourth-order valence-corrected chi connectivity index (χ4v) is 4.84. The third kappa shape index (κ3) is 44.4. The quantitative estimate of drug-likeness (QED) is 0.0201. The number of nitrogens with one attached hydrogen (secondary N) is 8. The van der Waals surface area contributed by atoms with Crippen LogP contribution in [0.2, 0.25) is 0 Å². The normalized spacial score (nSPS) is 11.3. The minimum Gasteiger partial charge on any atom is -0.377 e. The van der Waals surface area contributed by atoms with Crippen LogP contribution in [0.4, 0.5) is 0 Å². The van der Waals surface area contributed by atoms with Crippen LogP contribution in [0.25, 0.3) is 0 Å². The van der Waals surface area contributed by atoms with E-state index in [0.717, 1.165) is 0 Å². The Morgan fingerprint density at radius 3 is 1.14 bits per heavy atom. The molecule has 0 aliphatic rings. The molecule has 0 aromatic rings. The molecule has 0 bridgehead atoms. The fourth-order valence-electron chi connectivity index (χ4n) is 4.84. The highest BCUT2D eigenvalue weighted by molar-refractivity contribution is 5.80. The molecule has 0 aliphatic carbocycles. The van der Waals surface area contributed by atoms with E-state index >= 15 is 0 Å². The number of carbonyl (C=O) groups is 8. The first-order chi connectivity index (χ1) is 31.4. The van der Waals surface area contributed by atoms with Crippen LogP contribution in [0.5, 0.6) is 0 Å². The molecule has 0 aliphatic heterocycles. The Balaban J connectivity index is 3.50. The molecule has 65 heavy (non-hydrogen) atoms. The summed E-state index contributed by atoms with van der Waals surface area (Å²) in [4.78, 5) is 93.2. The molecule has 0 saturated heterocycles. The summed E-state index contributed by atoms with van der Waals surface area (Å²) >= 11 is 0. The first-order valence-electron chi connectivity index (χ1n) is 21.6. The molecule has 0 aromatic carbocycles. The van der Waals surface area contributed by atoms with E-state index in [-0.39, 0.29) is 193 Å². The third-order valence-corrected chi connectivity index (χ3v) is 8.07. The molecule has 0 fully saturated rings. The minimum absolute atomic E-state index is 0.0465. The maximum absolute atomic E-state index is 12.0. The number of hydrogen-bond acceptors (Lipinski definition) is 18. The van der Waals surface area contributed by atoms with Gasteiger partial charge in [-0.3, -0.25) is 43.7 Å². The molecule has 0 heterocycles. The number of unbranched alkanes of at least 4 members (excludes halogenated alkanes) is 1. The second-order valence-corrected chi connectivity index (χ2v) is 13.6. The largest absolute Gasteiger partial charge is 0.377 e. The van der Waals surface area contributed by atoms with Gasteiger partial charge in [-0.1, -0.05) is 0 Å². The number of primary amides is 1. The van der Waals surface area contributed by atoms with Gasteiger partial charge in [0.05, 0.1) is 98.7 Å². The van der Waals surface area contributed by atoms with Crippen LogP contribution in [0, 0.1) is 0 Å². The fraction of sp³-hybridized carbons (Fsp3) is 0.795. The number of carbonyl (C=O) groups excluding carboxylic acids is 8. The predicted octanol–water partition coefficient (Wildman–Crippen LogP) is -5.39. The molecule has 0 radical (unpaired) electrons. The minimum atomic E-state index is -0.578. The van der Waals surface area contributed by atoms with Crippen molar-refractivity contribution in [2.45, 2.75) is 51.5 Å². The Kier molecular flexibility index (Phi) is 41.4. The topological polar surface area (TPSA) is 359 Å². The van der Waals surface area contributed by atoms with Crippen molar-refractivity contribution in [2.24, 2.45) is 11.5 Å². The van der Waals surface area contributed by atoms with Gasteiger partial charge in [-0.2, -0.15) is 0 Å². The molecular weight excluding hydrogens is 864 g/mol. The van der Waals surface area contributed by atoms with Crippen molar-refractivity contribution in [3.05, 3.63) is 0 Å². The average Bonchev–Trinajstić information content (AvgIpc) is 3.26. The number of hydrogen-bond donors (Lipinski definition) is 10. The van der Waals surface area contributed by atoms with Crippen molar-refractivity contribution in [1.82, 2.24) is 42.5 Å². The molecule has 376 valence electrons. The standard InChI is InChI=1S/C39H74N10O16/c1-31(50)48-30-49-32(39(41)57)5-2-3-8-42-35(53)25-62-21-19-60-15-11-45-36(54)26-63-22-17-58-13-9-43-33(51)6-4-7-34(52)44-10-14-59-18-23-64-27-37(55)46-12-16-61-20-24-65-28-38(56)47-29-40/h32,49H,2-30,40H2,1H3,(H2,41,57)(H,42,53)(H,43,51)(H,44,52)(H,45,54)(H,46,55)(H,47,56)(H,48,50)/t32-/m0/s1. The van der Waals surface area contributed by atoms with Gasteiger partial charge in [0.1, 0.15) is 26.4 Å². The zero-order chi connectivity index (χ0) is 48.0. The Bertz CT molecular complexity index is 1320. The molecular formula is C39H74N10O16. The van der Waals surface area contributed by atoms with Gasteiger partial charge in [0.15, 0.2) is 0 Å². The van der Waals surface area contributed by atoms with Crippen LogP contribution < -0.4 is 54.0 Å². The van der Waals surface area contributed by atoms with Crippen LogP contribution in [0.1, 0.15) is 45.4 Å². The summed E-state index contributed by atoms with van der Waals surface area (Å²) in [5, 5.41) is 21.2.